The number of benzene rings is 6. The predicted octanol–water partition coefficient (Wildman–Crippen LogP) is 11.1. The van der Waals surface area contributed by atoms with Crippen LogP contribution in [0.4, 0.5) is 0 Å². The van der Waals surface area contributed by atoms with Gasteiger partial charge < -0.3 is 0 Å². The molecule has 0 amide bonds. The average molecular weight is 651 g/mol. The topological polar surface area (TPSA) is 0 Å². The van der Waals surface area contributed by atoms with Crippen molar-refractivity contribution in [2.24, 2.45) is 0 Å². The summed E-state index contributed by atoms with van der Waals surface area (Å²) < 4.78 is 0. The minimum Gasteiger partial charge on any atom is -0.0647 e. The first kappa shape index (κ1) is 32.6. The molecule has 0 atom stereocenters. The molecule has 242 valence electrons. The van der Waals surface area contributed by atoms with Crippen molar-refractivity contribution in [3.63, 3.8) is 0 Å². The van der Waals surface area contributed by atoms with Crippen molar-refractivity contribution in [2.45, 2.75) is 54.0 Å². The molecule has 1 aliphatic rings. The molecule has 0 saturated heterocycles. The lowest BCUT2D eigenvalue weighted by Crippen LogP contribution is -2.70. The first-order valence-corrected chi connectivity index (χ1v) is 19.6. The zero-order valence-electron chi connectivity index (χ0n) is 29.9. The van der Waals surface area contributed by atoms with Crippen molar-refractivity contribution in [1.82, 2.24) is 0 Å². The Balaban J connectivity index is 1.66. The van der Waals surface area contributed by atoms with Crippen molar-refractivity contribution < 1.29 is 0 Å². The lowest BCUT2D eigenvalue weighted by Gasteiger charge is -2.42. The molecule has 0 heterocycles. The van der Waals surface area contributed by atoms with Crippen LogP contribution >= 0.6 is 0 Å². The molecule has 0 aromatic heterocycles. The zero-order valence-corrected chi connectivity index (χ0v) is 30.9. The van der Waals surface area contributed by atoms with Crippen LogP contribution in [0.15, 0.2) is 168 Å². The van der Waals surface area contributed by atoms with E-state index >= 15 is 0 Å². The molecule has 0 bridgehead atoms. The Hall–Kier alpha value is -4.98. The molecule has 6 aromatic rings. The van der Waals surface area contributed by atoms with Crippen LogP contribution in [0.5, 0.6) is 0 Å². The van der Waals surface area contributed by atoms with Gasteiger partial charge >= 0.3 is 0 Å². The van der Waals surface area contributed by atoms with E-state index in [4.69, 9.17) is 0 Å². The lowest BCUT2D eigenvalue weighted by molar-refractivity contribution is 1.09. The molecule has 0 aliphatic heterocycles. The van der Waals surface area contributed by atoms with Gasteiger partial charge in [-0.3, -0.25) is 0 Å². The van der Waals surface area contributed by atoms with Crippen LogP contribution in [-0.2, 0) is 0 Å². The van der Waals surface area contributed by atoms with Gasteiger partial charge in [-0.05, 0) is 109 Å². The van der Waals surface area contributed by atoms with Crippen LogP contribution in [0.25, 0.3) is 33.4 Å². The summed E-state index contributed by atoms with van der Waals surface area (Å²) in [6, 6.07) is 55.1. The Morgan fingerprint density at radius 3 is 0.898 bits per heavy atom. The van der Waals surface area contributed by atoms with E-state index in [0.29, 0.717) is 0 Å². The second-order valence-corrected chi connectivity index (χ2v) is 18.1. The SMILES string of the molecule is CC1=C(C)C([Si](c2cc(C)cc(-c3ccccc3)c2)(c2cc(C)cc(-c3ccccc3)c2)c2cc(C)cc(-c3ccccc3)c2)C(C)=C1C. The van der Waals surface area contributed by atoms with E-state index in [2.05, 4.69) is 194 Å². The number of rotatable bonds is 7. The normalized spacial score (nSPS) is 13.8. The van der Waals surface area contributed by atoms with Gasteiger partial charge in [-0.2, -0.15) is 0 Å². The predicted molar refractivity (Wildman–Crippen MR) is 215 cm³/mol. The molecule has 0 fully saturated rings. The molecule has 0 N–H and O–H groups in total. The van der Waals surface area contributed by atoms with Gasteiger partial charge in [0.2, 0.25) is 0 Å². The second-order valence-electron chi connectivity index (χ2n) is 14.2. The van der Waals surface area contributed by atoms with Crippen LogP contribution in [0, 0.1) is 20.8 Å². The smallest absolute Gasteiger partial charge is 0.0647 e. The highest BCUT2D eigenvalue weighted by Gasteiger charge is 2.51. The monoisotopic (exact) mass is 650 g/mol. The third-order valence-corrected chi connectivity index (χ3v) is 16.3. The van der Waals surface area contributed by atoms with Crippen LogP contribution in [0.1, 0.15) is 44.4 Å². The lowest BCUT2D eigenvalue weighted by atomic mass is 10.0. The molecule has 0 radical (unpaired) electrons. The van der Waals surface area contributed by atoms with Gasteiger partial charge in [-0.25, -0.2) is 0 Å². The Labute approximate surface area is 294 Å². The highest BCUT2D eigenvalue weighted by atomic mass is 28.3. The Morgan fingerprint density at radius 1 is 0.327 bits per heavy atom. The Bertz CT molecular complexity index is 1980. The number of aryl methyl sites for hydroxylation is 3. The van der Waals surface area contributed by atoms with E-state index in [0.717, 1.165) is 0 Å². The first-order chi connectivity index (χ1) is 23.7. The summed E-state index contributed by atoms with van der Waals surface area (Å²) in [5.74, 6) is 0. The number of hydrogen-bond acceptors (Lipinski definition) is 0. The maximum Gasteiger partial charge on any atom is 0.159 e. The zero-order chi connectivity index (χ0) is 34.3. The summed E-state index contributed by atoms with van der Waals surface area (Å²) in [4.78, 5) is 0. The van der Waals surface area contributed by atoms with Gasteiger partial charge in [0, 0.05) is 5.54 Å². The van der Waals surface area contributed by atoms with E-state index in [9.17, 15) is 0 Å². The summed E-state index contributed by atoms with van der Waals surface area (Å²) in [5, 5.41) is 4.39. The van der Waals surface area contributed by atoms with Crippen molar-refractivity contribution >= 4 is 23.6 Å². The molecule has 49 heavy (non-hydrogen) atoms. The van der Waals surface area contributed by atoms with Crippen molar-refractivity contribution in [1.29, 1.82) is 0 Å². The van der Waals surface area contributed by atoms with Crippen LogP contribution in [0.3, 0.4) is 0 Å². The fourth-order valence-electron chi connectivity index (χ4n) is 8.42. The van der Waals surface area contributed by atoms with Crippen molar-refractivity contribution in [3.05, 3.63) is 185 Å². The highest BCUT2D eigenvalue weighted by molar-refractivity contribution is 7.13. The van der Waals surface area contributed by atoms with E-state index in [1.165, 1.54) is 87.9 Å². The van der Waals surface area contributed by atoms with Gasteiger partial charge in [-0.15, -0.1) is 0 Å². The molecule has 6 aromatic carbocycles. The quantitative estimate of drug-likeness (QED) is 0.119. The second kappa shape index (κ2) is 13.1. The third-order valence-electron chi connectivity index (χ3n) is 11.0. The maximum absolute atomic E-state index is 2.90. The summed E-state index contributed by atoms with van der Waals surface area (Å²) >= 11 is 0. The van der Waals surface area contributed by atoms with Gasteiger partial charge in [-0.1, -0.05) is 173 Å². The summed E-state index contributed by atoms with van der Waals surface area (Å²) in [7, 11) is -2.90. The summed E-state index contributed by atoms with van der Waals surface area (Å²) in [6.45, 7) is 16.4. The molecule has 0 saturated carbocycles. The Kier molecular flexibility index (Phi) is 8.73. The van der Waals surface area contributed by atoms with E-state index < -0.39 is 8.07 Å². The van der Waals surface area contributed by atoms with Crippen LogP contribution in [-0.4, -0.2) is 8.07 Å². The van der Waals surface area contributed by atoms with Gasteiger partial charge in [0.05, 0.1) is 0 Å². The molecule has 1 aliphatic carbocycles. The minimum absolute atomic E-state index is 0.272. The van der Waals surface area contributed by atoms with Gasteiger partial charge in [0.25, 0.3) is 0 Å². The molecule has 0 unspecified atom stereocenters. The third kappa shape index (κ3) is 5.87. The van der Waals surface area contributed by atoms with Crippen LogP contribution in [0.2, 0.25) is 5.54 Å². The Morgan fingerprint density at radius 2 is 0.612 bits per heavy atom. The number of hydrogen-bond donors (Lipinski definition) is 0. The molecule has 0 nitrogen and oxygen atoms in total. The van der Waals surface area contributed by atoms with Gasteiger partial charge in [0.1, 0.15) is 0 Å². The average Bonchev–Trinajstić information content (AvgIpc) is 3.31. The largest absolute Gasteiger partial charge is 0.159 e. The molecule has 0 spiro atoms. The maximum atomic E-state index is 2.55. The van der Waals surface area contributed by atoms with E-state index in [-0.39, 0.29) is 5.54 Å². The minimum atomic E-state index is -2.90. The molecular weight excluding hydrogens is 605 g/mol. The van der Waals surface area contributed by atoms with Gasteiger partial charge in [0.15, 0.2) is 8.07 Å². The first-order valence-electron chi connectivity index (χ1n) is 17.5. The van der Waals surface area contributed by atoms with Crippen LogP contribution < -0.4 is 15.6 Å². The number of allylic oxidation sites excluding steroid dienone is 4. The fourth-order valence-corrected chi connectivity index (χ4v) is 14.7. The highest BCUT2D eigenvalue weighted by Crippen LogP contribution is 2.47. The molecular formula is C48H46Si. The standard InChI is InChI=1S/C48H46Si/c1-32-23-42(39-17-11-8-12-18-39)29-45(26-32)49(48-37(6)35(4)36(5)38(48)7,46-27-33(2)24-43(30-46)40-19-13-9-14-20-40)47-28-34(3)25-44(31-47)41-21-15-10-16-22-41/h8-31,48H,1-7H3. The molecule has 1 heteroatoms. The summed E-state index contributed by atoms with van der Waals surface area (Å²) in [6.07, 6.45) is 0. The van der Waals surface area contributed by atoms with E-state index in [1.807, 2.05) is 0 Å². The van der Waals surface area contributed by atoms with E-state index in [1.54, 1.807) is 0 Å². The van der Waals surface area contributed by atoms with Crippen molar-refractivity contribution in [2.75, 3.05) is 0 Å². The summed E-state index contributed by atoms with van der Waals surface area (Å²) in [5.41, 5.74) is 17.7. The van der Waals surface area contributed by atoms with Crippen molar-refractivity contribution in [3.8, 4) is 33.4 Å². The fraction of sp³-hybridized carbons (Fsp3) is 0.167. The molecule has 7 rings (SSSR count).